The molecule has 0 saturated heterocycles. The maximum atomic E-state index is 11.9. The topological polar surface area (TPSA) is 46.2 Å². The molecule has 0 radical (unpaired) electrons. The van der Waals surface area contributed by atoms with Crippen LogP contribution < -0.4 is 5.32 Å². The molecule has 0 bridgehead atoms. The molecule has 1 aromatic rings. The number of imide groups is 1. The average Bonchev–Trinajstić information content (AvgIpc) is 2.17. The van der Waals surface area contributed by atoms with Gasteiger partial charge in [0, 0.05) is 5.56 Å². The molecular formula is C13H13NO2. The Morgan fingerprint density at radius 1 is 1.25 bits per heavy atom. The Labute approximate surface area is 93.8 Å². The summed E-state index contributed by atoms with van der Waals surface area (Å²) in [4.78, 5) is 23.7. The lowest BCUT2D eigenvalue weighted by molar-refractivity contribution is -0.129. The van der Waals surface area contributed by atoms with Crippen LogP contribution in [0.2, 0.25) is 0 Å². The van der Waals surface area contributed by atoms with Crippen LogP contribution in [0.3, 0.4) is 0 Å². The van der Waals surface area contributed by atoms with Gasteiger partial charge in [0.05, 0.1) is 5.41 Å². The van der Waals surface area contributed by atoms with Gasteiger partial charge in [-0.2, -0.15) is 0 Å². The summed E-state index contributed by atoms with van der Waals surface area (Å²) in [5.41, 5.74) is 2.26. The van der Waals surface area contributed by atoms with Crippen molar-refractivity contribution in [3.8, 4) is 0 Å². The molecular weight excluding hydrogens is 202 g/mol. The van der Waals surface area contributed by atoms with Crippen LogP contribution in [0.5, 0.6) is 0 Å². The second-order valence-corrected chi connectivity index (χ2v) is 4.77. The number of rotatable bonds is 0. The molecule has 82 valence electrons. The molecule has 0 unspecified atom stereocenters. The van der Waals surface area contributed by atoms with E-state index < -0.39 is 5.41 Å². The van der Waals surface area contributed by atoms with Gasteiger partial charge in [-0.05, 0) is 31.4 Å². The van der Waals surface area contributed by atoms with Crippen molar-refractivity contribution < 1.29 is 9.59 Å². The van der Waals surface area contributed by atoms with E-state index in [1.54, 1.807) is 0 Å². The summed E-state index contributed by atoms with van der Waals surface area (Å²) in [5, 5.41) is 2.48. The summed E-state index contributed by atoms with van der Waals surface area (Å²) in [7, 11) is 0. The summed E-state index contributed by atoms with van der Waals surface area (Å²) < 4.78 is 0. The van der Waals surface area contributed by atoms with E-state index in [1.165, 1.54) is 0 Å². The van der Waals surface area contributed by atoms with Crippen LogP contribution in [0.1, 0.15) is 40.7 Å². The van der Waals surface area contributed by atoms with E-state index in [2.05, 4.69) is 5.32 Å². The number of amides is 2. The van der Waals surface area contributed by atoms with Crippen LogP contribution in [0.4, 0.5) is 0 Å². The zero-order valence-corrected chi connectivity index (χ0v) is 9.17. The first-order chi connectivity index (χ1) is 7.63. The zero-order chi connectivity index (χ0) is 11.3. The summed E-state index contributed by atoms with van der Waals surface area (Å²) in [6, 6.07) is 5.79. The number of fused-ring (bicyclic) bond motifs is 2. The number of nitrogens with one attached hydrogen (secondary N) is 1. The molecule has 1 aromatic carbocycles. The standard InChI is InChI=1S/C13H13NO2/c1-8-3-4-10-9(7-8)11(15)14-12(16)13(10)5-2-6-13/h3-4,7H,2,5-6H2,1H3,(H,14,15,16). The fourth-order valence-electron chi connectivity index (χ4n) is 2.70. The maximum absolute atomic E-state index is 11.9. The van der Waals surface area contributed by atoms with Crippen molar-refractivity contribution in [1.29, 1.82) is 0 Å². The summed E-state index contributed by atoms with van der Waals surface area (Å²) in [6.45, 7) is 1.96. The van der Waals surface area contributed by atoms with Crippen molar-refractivity contribution in [2.75, 3.05) is 0 Å². The Morgan fingerprint density at radius 3 is 2.62 bits per heavy atom. The molecule has 3 rings (SSSR count). The van der Waals surface area contributed by atoms with Gasteiger partial charge in [-0.1, -0.05) is 24.1 Å². The van der Waals surface area contributed by atoms with Crippen LogP contribution in [0.25, 0.3) is 0 Å². The number of hydrogen-bond acceptors (Lipinski definition) is 2. The van der Waals surface area contributed by atoms with Crippen LogP contribution in [0.15, 0.2) is 18.2 Å². The lowest BCUT2D eigenvalue weighted by Gasteiger charge is -2.43. The maximum Gasteiger partial charge on any atom is 0.258 e. The van der Waals surface area contributed by atoms with E-state index >= 15 is 0 Å². The predicted molar refractivity (Wildman–Crippen MR) is 59.2 cm³/mol. The lowest BCUT2D eigenvalue weighted by atomic mass is 9.61. The monoisotopic (exact) mass is 215 g/mol. The summed E-state index contributed by atoms with van der Waals surface area (Å²) >= 11 is 0. The van der Waals surface area contributed by atoms with Gasteiger partial charge in [0.1, 0.15) is 0 Å². The third-order valence-corrected chi connectivity index (χ3v) is 3.80. The van der Waals surface area contributed by atoms with Gasteiger partial charge in [0.15, 0.2) is 0 Å². The zero-order valence-electron chi connectivity index (χ0n) is 9.17. The Bertz CT molecular complexity index is 501. The van der Waals surface area contributed by atoms with E-state index in [1.807, 2.05) is 25.1 Å². The van der Waals surface area contributed by atoms with E-state index in [4.69, 9.17) is 0 Å². The van der Waals surface area contributed by atoms with Crippen molar-refractivity contribution in [3.63, 3.8) is 0 Å². The number of benzene rings is 1. The number of carbonyl (C=O) groups excluding carboxylic acids is 2. The highest BCUT2D eigenvalue weighted by Gasteiger charge is 2.50. The van der Waals surface area contributed by atoms with Crippen molar-refractivity contribution in [2.24, 2.45) is 0 Å². The van der Waals surface area contributed by atoms with Gasteiger partial charge in [-0.3, -0.25) is 14.9 Å². The van der Waals surface area contributed by atoms with Crippen LogP contribution in [0, 0.1) is 6.92 Å². The molecule has 1 N–H and O–H groups in total. The Morgan fingerprint density at radius 2 is 2.00 bits per heavy atom. The van der Waals surface area contributed by atoms with Crippen molar-refractivity contribution in [2.45, 2.75) is 31.6 Å². The van der Waals surface area contributed by atoms with Crippen LogP contribution >= 0.6 is 0 Å². The van der Waals surface area contributed by atoms with E-state index in [0.717, 1.165) is 30.4 Å². The minimum Gasteiger partial charge on any atom is -0.292 e. The molecule has 16 heavy (non-hydrogen) atoms. The lowest BCUT2D eigenvalue weighted by Crippen LogP contribution is -2.55. The quantitative estimate of drug-likeness (QED) is 0.669. The molecule has 3 nitrogen and oxygen atoms in total. The molecule has 3 heteroatoms. The van der Waals surface area contributed by atoms with Gasteiger partial charge in [-0.25, -0.2) is 0 Å². The molecule has 1 heterocycles. The van der Waals surface area contributed by atoms with Crippen LogP contribution in [-0.4, -0.2) is 11.8 Å². The first-order valence-electron chi connectivity index (χ1n) is 5.60. The molecule has 0 atom stereocenters. The minimum atomic E-state index is -0.406. The fourth-order valence-corrected chi connectivity index (χ4v) is 2.70. The Hall–Kier alpha value is -1.64. The SMILES string of the molecule is Cc1ccc2c(c1)C(=O)NC(=O)C21CCC1. The molecule has 1 aliphatic heterocycles. The van der Waals surface area contributed by atoms with Crippen molar-refractivity contribution in [1.82, 2.24) is 5.32 Å². The first kappa shape index (κ1) is 9.58. The molecule has 1 aliphatic carbocycles. The molecule has 1 saturated carbocycles. The highest BCUT2D eigenvalue weighted by atomic mass is 16.2. The molecule has 1 spiro atoms. The van der Waals surface area contributed by atoms with E-state index in [9.17, 15) is 9.59 Å². The first-order valence-corrected chi connectivity index (χ1v) is 5.60. The van der Waals surface area contributed by atoms with Crippen molar-refractivity contribution in [3.05, 3.63) is 34.9 Å². The van der Waals surface area contributed by atoms with Gasteiger partial charge in [0.2, 0.25) is 5.91 Å². The largest absolute Gasteiger partial charge is 0.292 e. The van der Waals surface area contributed by atoms with Crippen molar-refractivity contribution >= 4 is 11.8 Å². The highest BCUT2D eigenvalue weighted by Crippen LogP contribution is 2.47. The molecule has 2 amide bonds. The van der Waals surface area contributed by atoms with E-state index in [-0.39, 0.29) is 11.8 Å². The smallest absolute Gasteiger partial charge is 0.258 e. The molecule has 2 aliphatic rings. The summed E-state index contributed by atoms with van der Waals surface area (Å²) in [5.74, 6) is -0.360. The normalized spacial score (nSPS) is 21.3. The number of hydrogen-bond donors (Lipinski definition) is 1. The van der Waals surface area contributed by atoms with E-state index in [0.29, 0.717) is 5.56 Å². The Kier molecular flexibility index (Phi) is 1.76. The fraction of sp³-hybridized carbons (Fsp3) is 0.385. The summed E-state index contributed by atoms with van der Waals surface area (Å²) in [6.07, 6.45) is 2.79. The number of carbonyl (C=O) groups is 2. The van der Waals surface area contributed by atoms with Crippen LogP contribution in [-0.2, 0) is 10.2 Å². The predicted octanol–water partition coefficient (Wildman–Crippen LogP) is 1.69. The number of aryl methyl sites for hydroxylation is 1. The minimum absolute atomic E-state index is 0.111. The molecule has 1 fully saturated rings. The van der Waals surface area contributed by atoms with Gasteiger partial charge in [0.25, 0.3) is 5.91 Å². The second kappa shape index (κ2) is 2.94. The van der Waals surface area contributed by atoms with Gasteiger partial charge >= 0.3 is 0 Å². The third-order valence-electron chi connectivity index (χ3n) is 3.80. The third kappa shape index (κ3) is 1.03. The van der Waals surface area contributed by atoms with Gasteiger partial charge in [-0.15, -0.1) is 0 Å². The Balaban J connectivity index is 2.23. The molecule has 0 aromatic heterocycles. The van der Waals surface area contributed by atoms with Gasteiger partial charge < -0.3 is 0 Å². The second-order valence-electron chi connectivity index (χ2n) is 4.77. The average molecular weight is 215 g/mol. The highest BCUT2D eigenvalue weighted by molar-refractivity contribution is 6.13.